The molecule has 19 heavy (non-hydrogen) atoms. The lowest BCUT2D eigenvalue weighted by Crippen LogP contribution is -2.37. The molecule has 1 unspecified atom stereocenters. The molecule has 0 bridgehead atoms. The molecule has 1 aromatic heterocycles. The molecule has 5 nitrogen and oxygen atoms in total. The standard InChI is InChI=1S/C14H19N5/c1-11(12-6-5-7-12)15-10-14-16-17-18-19(14)13-8-3-2-4-9-13/h2-4,8-9,11-12,15H,5-7,10H2,1H3. The summed E-state index contributed by atoms with van der Waals surface area (Å²) in [6.07, 6.45) is 4.06. The zero-order chi connectivity index (χ0) is 13.1. The van der Waals surface area contributed by atoms with Crippen LogP contribution in [0.15, 0.2) is 30.3 Å². The number of hydrogen-bond donors (Lipinski definition) is 1. The second kappa shape index (κ2) is 5.48. The fourth-order valence-corrected chi connectivity index (χ4v) is 2.44. The van der Waals surface area contributed by atoms with E-state index in [9.17, 15) is 0 Å². The average molecular weight is 257 g/mol. The van der Waals surface area contributed by atoms with E-state index < -0.39 is 0 Å². The van der Waals surface area contributed by atoms with Gasteiger partial charge in [-0.3, -0.25) is 0 Å². The Bertz CT molecular complexity index is 518. The van der Waals surface area contributed by atoms with Crippen LogP contribution in [-0.2, 0) is 6.54 Å². The lowest BCUT2D eigenvalue weighted by molar-refractivity contribution is 0.238. The minimum absolute atomic E-state index is 0.537. The first-order chi connectivity index (χ1) is 9.34. The van der Waals surface area contributed by atoms with Crippen LogP contribution in [0.1, 0.15) is 32.0 Å². The van der Waals surface area contributed by atoms with E-state index in [1.165, 1.54) is 19.3 Å². The van der Waals surface area contributed by atoms with Gasteiger partial charge in [0.2, 0.25) is 0 Å². The van der Waals surface area contributed by atoms with Gasteiger partial charge in [-0.15, -0.1) is 5.10 Å². The summed E-state index contributed by atoms with van der Waals surface area (Å²) in [4.78, 5) is 0. The highest BCUT2D eigenvalue weighted by atomic mass is 15.5. The van der Waals surface area contributed by atoms with Crippen molar-refractivity contribution in [3.63, 3.8) is 0 Å². The predicted molar refractivity (Wildman–Crippen MR) is 72.8 cm³/mol. The number of nitrogens with one attached hydrogen (secondary N) is 1. The zero-order valence-corrected chi connectivity index (χ0v) is 11.2. The second-order valence-corrected chi connectivity index (χ2v) is 5.20. The summed E-state index contributed by atoms with van der Waals surface area (Å²) in [6, 6.07) is 10.5. The van der Waals surface area contributed by atoms with Crippen LogP contribution in [0.2, 0.25) is 0 Å². The Hall–Kier alpha value is -1.75. The van der Waals surface area contributed by atoms with Crippen molar-refractivity contribution in [3.8, 4) is 5.69 Å². The highest BCUT2D eigenvalue weighted by Crippen LogP contribution is 2.29. The number of nitrogens with zero attached hydrogens (tertiary/aromatic N) is 4. The molecule has 100 valence electrons. The van der Waals surface area contributed by atoms with Crippen LogP contribution in [0.25, 0.3) is 5.69 Å². The Morgan fingerprint density at radius 3 is 2.79 bits per heavy atom. The van der Waals surface area contributed by atoms with Gasteiger partial charge in [-0.1, -0.05) is 24.6 Å². The van der Waals surface area contributed by atoms with Crippen molar-refractivity contribution in [2.45, 2.75) is 38.8 Å². The minimum atomic E-state index is 0.537. The number of rotatable bonds is 5. The van der Waals surface area contributed by atoms with Gasteiger partial charge in [0.15, 0.2) is 5.82 Å². The summed E-state index contributed by atoms with van der Waals surface area (Å²) in [7, 11) is 0. The average Bonchev–Trinajstić information content (AvgIpc) is 2.83. The summed E-state index contributed by atoms with van der Waals surface area (Å²) in [5.74, 6) is 1.68. The first kappa shape index (κ1) is 12.3. The van der Waals surface area contributed by atoms with Crippen LogP contribution in [0.4, 0.5) is 0 Å². The Balaban J connectivity index is 1.67. The Kier molecular flexibility index (Phi) is 3.55. The van der Waals surface area contributed by atoms with Crippen molar-refractivity contribution in [1.29, 1.82) is 0 Å². The fraction of sp³-hybridized carbons (Fsp3) is 0.500. The molecule has 1 aliphatic carbocycles. The van der Waals surface area contributed by atoms with Gasteiger partial charge < -0.3 is 5.32 Å². The van der Waals surface area contributed by atoms with Gasteiger partial charge in [0.05, 0.1) is 12.2 Å². The van der Waals surface area contributed by atoms with Gasteiger partial charge in [-0.2, -0.15) is 4.68 Å². The molecule has 3 rings (SSSR count). The first-order valence-electron chi connectivity index (χ1n) is 6.90. The normalized spacial score (nSPS) is 17.1. The number of para-hydroxylation sites is 1. The van der Waals surface area contributed by atoms with Gasteiger partial charge >= 0.3 is 0 Å². The molecule has 2 aromatic rings. The predicted octanol–water partition coefficient (Wildman–Crippen LogP) is 1.94. The molecule has 1 fully saturated rings. The summed E-state index contributed by atoms with van der Waals surface area (Å²) >= 11 is 0. The van der Waals surface area contributed by atoms with Crippen molar-refractivity contribution < 1.29 is 0 Å². The second-order valence-electron chi connectivity index (χ2n) is 5.20. The van der Waals surface area contributed by atoms with E-state index >= 15 is 0 Å². The van der Waals surface area contributed by atoms with Crippen LogP contribution in [0.5, 0.6) is 0 Å². The van der Waals surface area contributed by atoms with Crippen LogP contribution < -0.4 is 5.32 Å². The molecule has 0 amide bonds. The van der Waals surface area contributed by atoms with E-state index in [-0.39, 0.29) is 0 Å². The first-order valence-corrected chi connectivity index (χ1v) is 6.90. The topological polar surface area (TPSA) is 55.6 Å². The SMILES string of the molecule is CC(NCc1nnnn1-c1ccccc1)C1CCC1. The molecule has 1 aliphatic rings. The molecule has 0 spiro atoms. The molecule has 5 heteroatoms. The van der Waals surface area contributed by atoms with E-state index in [1.54, 1.807) is 4.68 Å². The molecule has 1 saturated carbocycles. The molecular formula is C14H19N5. The van der Waals surface area contributed by atoms with Gasteiger partial charge in [-0.05, 0) is 48.2 Å². The van der Waals surface area contributed by atoms with Gasteiger partial charge in [0.25, 0.3) is 0 Å². The molecular weight excluding hydrogens is 238 g/mol. The van der Waals surface area contributed by atoms with Crippen LogP contribution in [0.3, 0.4) is 0 Å². The quantitative estimate of drug-likeness (QED) is 0.889. The molecule has 0 radical (unpaired) electrons. The molecule has 1 aromatic carbocycles. The molecule has 1 atom stereocenters. The maximum atomic E-state index is 4.11. The van der Waals surface area contributed by atoms with Crippen molar-refractivity contribution in [2.75, 3.05) is 0 Å². The number of tetrazole rings is 1. The summed E-state index contributed by atoms with van der Waals surface area (Å²) in [5.41, 5.74) is 1.00. The summed E-state index contributed by atoms with van der Waals surface area (Å²) in [5, 5.41) is 15.5. The number of hydrogen-bond acceptors (Lipinski definition) is 4. The Morgan fingerprint density at radius 2 is 2.11 bits per heavy atom. The molecule has 1 N–H and O–H groups in total. The Morgan fingerprint density at radius 1 is 1.32 bits per heavy atom. The van der Waals surface area contributed by atoms with Crippen molar-refractivity contribution in [3.05, 3.63) is 36.2 Å². The highest BCUT2D eigenvalue weighted by Gasteiger charge is 2.23. The number of benzene rings is 1. The number of aromatic nitrogens is 4. The third-order valence-corrected chi connectivity index (χ3v) is 3.97. The monoisotopic (exact) mass is 257 g/mol. The largest absolute Gasteiger partial charge is 0.307 e. The van der Waals surface area contributed by atoms with Gasteiger partial charge in [0.1, 0.15) is 0 Å². The van der Waals surface area contributed by atoms with Crippen LogP contribution in [-0.4, -0.2) is 26.2 Å². The third kappa shape index (κ3) is 2.66. The van der Waals surface area contributed by atoms with E-state index in [1.807, 2.05) is 30.3 Å². The fourth-order valence-electron chi connectivity index (χ4n) is 2.44. The summed E-state index contributed by atoms with van der Waals surface area (Å²) < 4.78 is 1.79. The van der Waals surface area contributed by atoms with Gasteiger partial charge in [-0.25, -0.2) is 0 Å². The Labute approximate surface area is 113 Å². The van der Waals surface area contributed by atoms with Crippen molar-refractivity contribution >= 4 is 0 Å². The van der Waals surface area contributed by atoms with Crippen molar-refractivity contribution in [1.82, 2.24) is 25.5 Å². The molecule has 0 saturated heterocycles. The molecule has 0 aliphatic heterocycles. The lowest BCUT2D eigenvalue weighted by Gasteiger charge is -2.31. The zero-order valence-electron chi connectivity index (χ0n) is 11.2. The van der Waals surface area contributed by atoms with Gasteiger partial charge in [0, 0.05) is 6.04 Å². The maximum Gasteiger partial charge on any atom is 0.170 e. The van der Waals surface area contributed by atoms with Crippen LogP contribution >= 0.6 is 0 Å². The van der Waals surface area contributed by atoms with Crippen molar-refractivity contribution in [2.24, 2.45) is 5.92 Å². The van der Waals surface area contributed by atoms with E-state index in [0.29, 0.717) is 12.6 Å². The minimum Gasteiger partial charge on any atom is -0.307 e. The maximum absolute atomic E-state index is 4.11. The lowest BCUT2D eigenvalue weighted by atomic mass is 9.80. The van der Waals surface area contributed by atoms with E-state index in [4.69, 9.17) is 0 Å². The smallest absolute Gasteiger partial charge is 0.170 e. The summed E-state index contributed by atoms with van der Waals surface area (Å²) in [6.45, 7) is 2.96. The van der Waals surface area contributed by atoms with E-state index in [0.717, 1.165) is 17.4 Å². The third-order valence-electron chi connectivity index (χ3n) is 3.97. The molecule has 1 heterocycles. The van der Waals surface area contributed by atoms with E-state index in [2.05, 4.69) is 27.8 Å². The highest BCUT2D eigenvalue weighted by molar-refractivity contribution is 5.30. The van der Waals surface area contributed by atoms with Crippen LogP contribution in [0, 0.1) is 5.92 Å².